The molecule has 0 radical (unpaired) electrons. The van der Waals surface area contributed by atoms with E-state index in [0.717, 1.165) is 18.5 Å². The zero-order valence-corrected chi connectivity index (χ0v) is 12.1. The van der Waals surface area contributed by atoms with Gasteiger partial charge in [-0.2, -0.15) is 0 Å². The fourth-order valence-electron chi connectivity index (χ4n) is 3.07. The quantitative estimate of drug-likeness (QED) is 0.694. The minimum absolute atomic E-state index is 0.140. The molecule has 5 nitrogen and oxygen atoms in total. The van der Waals surface area contributed by atoms with Gasteiger partial charge < -0.3 is 9.88 Å². The zero-order chi connectivity index (χ0) is 14.8. The SMILES string of the molecule is CNC1CCCc2cn(Cc3ccc([N+](=O)[O-])cc3)cc21. The Hall–Kier alpha value is -2.14. The molecule has 0 aliphatic heterocycles. The van der Waals surface area contributed by atoms with Gasteiger partial charge in [0.1, 0.15) is 0 Å². The summed E-state index contributed by atoms with van der Waals surface area (Å²) in [6, 6.07) is 7.23. The van der Waals surface area contributed by atoms with Crippen LogP contribution in [0.3, 0.4) is 0 Å². The second kappa shape index (κ2) is 5.69. The summed E-state index contributed by atoms with van der Waals surface area (Å²) in [5.74, 6) is 0. The number of hydrogen-bond acceptors (Lipinski definition) is 3. The van der Waals surface area contributed by atoms with Gasteiger partial charge in [0.25, 0.3) is 5.69 Å². The van der Waals surface area contributed by atoms with Crippen LogP contribution in [0, 0.1) is 10.1 Å². The third-order valence-electron chi connectivity index (χ3n) is 4.17. The Bertz CT molecular complexity index is 646. The summed E-state index contributed by atoms with van der Waals surface area (Å²) < 4.78 is 2.18. The lowest BCUT2D eigenvalue weighted by Crippen LogP contribution is -2.20. The number of nitrogens with one attached hydrogen (secondary N) is 1. The number of fused-ring (bicyclic) bond motifs is 1. The Morgan fingerprint density at radius 1 is 1.33 bits per heavy atom. The van der Waals surface area contributed by atoms with E-state index in [2.05, 4.69) is 22.3 Å². The molecule has 21 heavy (non-hydrogen) atoms. The maximum Gasteiger partial charge on any atom is 0.269 e. The fraction of sp³-hybridized carbons (Fsp3) is 0.375. The summed E-state index contributed by atoms with van der Waals surface area (Å²) in [6.45, 7) is 0.751. The van der Waals surface area contributed by atoms with E-state index in [1.807, 2.05) is 19.2 Å². The van der Waals surface area contributed by atoms with Crippen molar-refractivity contribution in [2.75, 3.05) is 7.05 Å². The van der Waals surface area contributed by atoms with Crippen molar-refractivity contribution in [1.29, 1.82) is 0 Å². The van der Waals surface area contributed by atoms with E-state index < -0.39 is 0 Å². The van der Waals surface area contributed by atoms with Crippen LogP contribution < -0.4 is 5.32 Å². The van der Waals surface area contributed by atoms with Crippen LogP contribution >= 0.6 is 0 Å². The second-order valence-electron chi connectivity index (χ2n) is 5.57. The van der Waals surface area contributed by atoms with E-state index in [9.17, 15) is 10.1 Å². The number of non-ortho nitro benzene ring substituents is 1. The average molecular weight is 285 g/mol. The second-order valence-corrected chi connectivity index (χ2v) is 5.57. The van der Waals surface area contributed by atoms with Gasteiger partial charge in [-0.3, -0.25) is 10.1 Å². The summed E-state index contributed by atoms with van der Waals surface area (Å²) in [7, 11) is 2.01. The first-order valence-corrected chi connectivity index (χ1v) is 7.26. The molecule has 1 N–H and O–H groups in total. The molecule has 1 heterocycles. The number of rotatable bonds is 4. The molecule has 1 atom stereocenters. The smallest absolute Gasteiger partial charge is 0.269 e. The van der Waals surface area contributed by atoms with Crippen molar-refractivity contribution >= 4 is 5.69 Å². The summed E-state index contributed by atoms with van der Waals surface area (Å²) in [5, 5.41) is 14.0. The summed E-state index contributed by atoms with van der Waals surface area (Å²) in [4.78, 5) is 10.3. The van der Waals surface area contributed by atoms with Gasteiger partial charge in [-0.15, -0.1) is 0 Å². The molecule has 1 aromatic heterocycles. The highest BCUT2D eigenvalue weighted by molar-refractivity contribution is 5.34. The molecule has 2 aromatic rings. The van der Waals surface area contributed by atoms with Crippen LogP contribution in [0.15, 0.2) is 36.7 Å². The molecular formula is C16H19N3O2. The largest absolute Gasteiger partial charge is 0.349 e. The van der Waals surface area contributed by atoms with Crippen molar-refractivity contribution in [1.82, 2.24) is 9.88 Å². The fourth-order valence-corrected chi connectivity index (χ4v) is 3.07. The number of aromatic nitrogens is 1. The van der Waals surface area contributed by atoms with Crippen LogP contribution in [0.1, 0.15) is 35.6 Å². The predicted molar refractivity (Wildman–Crippen MR) is 81.4 cm³/mol. The van der Waals surface area contributed by atoms with Crippen LogP contribution in [0.2, 0.25) is 0 Å². The molecule has 5 heteroatoms. The van der Waals surface area contributed by atoms with Crippen LogP contribution in [-0.4, -0.2) is 16.5 Å². The van der Waals surface area contributed by atoms with E-state index in [1.165, 1.54) is 24.0 Å². The topological polar surface area (TPSA) is 60.1 Å². The number of aryl methyl sites for hydroxylation is 1. The van der Waals surface area contributed by atoms with Crippen LogP contribution in [0.25, 0.3) is 0 Å². The van der Waals surface area contributed by atoms with Gasteiger partial charge in [-0.1, -0.05) is 12.1 Å². The molecule has 1 unspecified atom stereocenters. The first-order chi connectivity index (χ1) is 10.2. The number of nitro groups is 1. The highest BCUT2D eigenvalue weighted by Gasteiger charge is 2.20. The number of benzene rings is 1. The van der Waals surface area contributed by atoms with Gasteiger partial charge in [-0.05, 0) is 43.0 Å². The lowest BCUT2D eigenvalue weighted by Gasteiger charge is -2.21. The van der Waals surface area contributed by atoms with E-state index in [-0.39, 0.29) is 10.6 Å². The third kappa shape index (κ3) is 2.83. The Labute approximate surface area is 123 Å². The maximum atomic E-state index is 10.7. The van der Waals surface area contributed by atoms with E-state index in [4.69, 9.17) is 0 Å². The van der Waals surface area contributed by atoms with Gasteiger partial charge in [0, 0.05) is 37.1 Å². The Morgan fingerprint density at radius 2 is 2.10 bits per heavy atom. The highest BCUT2D eigenvalue weighted by Crippen LogP contribution is 2.30. The molecule has 1 aliphatic carbocycles. The Balaban J connectivity index is 1.79. The number of hydrogen-bond donors (Lipinski definition) is 1. The molecule has 1 aliphatic rings. The molecule has 3 rings (SSSR count). The number of nitrogens with zero attached hydrogens (tertiary/aromatic N) is 2. The van der Waals surface area contributed by atoms with E-state index in [1.54, 1.807) is 12.1 Å². The van der Waals surface area contributed by atoms with Gasteiger partial charge in [0.05, 0.1) is 4.92 Å². The van der Waals surface area contributed by atoms with Gasteiger partial charge >= 0.3 is 0 Å². The van der Waals surface area contributed by atoms with Crippen molar-refractivity contribution in [2.24, 2.45) is 0 Å². The highest BCUT2D eigenvalue weighted by atomic mass is 16.6. The molecule has 0 saturated carbocycles. The Morgan fingerprint density at radius 3 is 2.76 bits per heavy atom. The molecule has 0 bridgehead atoms. The van der Waals surface area contributed by atoms with Crippen LogP contribution in [0.5, 0.6) is 0 Å². The first kappa shape index (κ1) is 13.8. The van der Waals surface area contributed by atoms with Gasteiger partial charge in [-0.25, -0.2) is 0 Å². The summed E-state index contributed by atoms with van der Waals surface area (Å²) >= 11 is 0. The molecular weight excluding hydrogens is 266 g/mol. The predicted octanol–water partition coefficient (Wildman–Crippen LogP) is 3.04. The minimum Gasteiger partial charge on any atom is -0.349 e. The molecule has 0 spiro atoms. The standard InChI is InChI=1S/C16H19N3O2/c1-17-16-4-2-3-13-10-18(11-15(13)16)9-12-5-7-14(8-6-12)19(20)21/h5-8,10-11,16-17H,2-4,9H2,1H3. The zero-order valence-electron chi connectivity index (χ0n) is 12.1. The number of nitro benzene ring substituents is 1. The van der Waals surface area contributed by atoms with Crippen molar-refractivity contribution in [3.8, 4) is 0 Å². The van der Waals surface area contributed by atoms with E-state index >= 15 is 0 Å². The maximum absolute atomic E-state index is 10.7. The Kier molecular flexibility index (Phi) is 3.75. The molecule has 0 amide bonds. The molecule has 1 aromatic carbocycles. The normalized spacial score (nSPS) is 17.5. The van der Waals surface area contributed by atoms with E-state index in [0.29, 0.717) is 6.04 Å². The average Bonchev–Trinajstić information content (AvgIpc) is 2.90. The summed E-state index contributed by atoms with van der Waals surface area (Å²) in [6.07, 6.45) is 7.96. The van der Waals surface area contributed by atoms with Crippen molar-refractivity contribution < 1.29 is 4.92 Å². The molecule has 0 saturated heterocycles. The monoisotopic (exact) mass is 285 g/mol. The minimum atomic E-state index is -0.365. The molecule has 110 valence electrons. The lowest BCUT2D eigenvalue weighted by molar-refractivity contribution is -0.384. The summed E-state index contributed by atoms with van der Waals surface area (Å²) in [5.41, 5.74) is 4.03. The van der Waals surface area contributed by atoms with Crippen molar-refractivity contribution in [3.63, 3.8) is 0 Å². The van der Waals surface area contributed by atoms with Crippen LogP contribution in [0.4, 0.5) is 5.69 Å². The van der Waals surface area contributed by atoms with Gasteiger partial charge in [0.15, 0.2) is 0 Å². The van der Waals surface area contributed by atoms with Gasteiger partial charge in [0.2, 0.25) is 0 Å². The molecule has 0 fully saturated rings. The van der Waals surface area contributed by atoms with Crippen LogP contribution in [-0.2, 0) is 13.0 Å². The first-order valence-electron chi connectivity index (χ1n) is 7.26. The van der Waals surface area contributed by atoms with Crippen molar-refractivity contribution in [3.05, 3.63) is 63.5 Å². The lowest BCUT2D eigenvalue weighted by atomic mass is 9.91. The third-order valence-corrected chi connectivity index (χ3v) is 4.17. The van der Waals surface area contributed by atoms with Crippen molar-refractivity contribution in [2.45, 2.75) is 31.8 Å².